The second kappa shape index (κ2) is 4.36. The van der Waals surface area contributed by atoms with Crippen LogP contribution in [0.3, 0.4) is 0 Å². The number of alkyl halides is 3. The predicted molar refractivity (Wildman–Crippen MR) is 65.1 cm³/mol. The molecule has 0 bridgehead atoms. The van der Waals surface area contributed by atoms with Crippen LogP contribution in [0.25, 0.3) is 11.0 Å². The normalized spacial score (nSPS) is 12.2. The Bertz CT molecular complexity index is 758. The minimum atomic E-state index is -4.52. The van der Waals surface area contributed by atoms with Gasteiger partial charge in [0.2, 0.25) is 5.82 Å². The maximum absolute atomic E-state index is 13.1. The zero-order chi connectivity index (χ0) is 14.3. The van der Waals surface area contributed by atoms with E-state index in [0.717, 1.165) is 4.57 Å². The Kier molecular flexibility index (Phi) is 2.77. The molecule has 104 valence electrons. The first-order valence-electron chi connectivity index (χ1n) is 5.90. The maximum atomic E-state index is 13.1. The molecule has 7 heteroatoms. The highest BCUT2D eigenvalue weighted by Gasteiger charge is 2.37. The number of halogens is 3. The summed E-state index contributed by atoms with van der Waals surface area (Å²) < 4.78 is 45.3. The maximum Gasteiger partial charge on any atom is 0.449 e. The van der Waals surface area contributed by atoms with E-state index in [4.69, 9.17) is 4.52 Å². The summed E-state index contributed by atoms with van der Waals surface area (Å²) in [6, 6.07) is 8.08. The van der Waals surface area contributed by atoms with Gasteiger partial charge in [0.05, 0.1) is 23.3 Å². The quantitative estimate of drug-likeness (QED) is 0.723. The highest BCUT2D eigenvalue weighted by Crippen LogP contribution is 2.32. The summed E-state index contributed by atoms with van der Waals surface area (Å²) in [4.78, 5) is 3.66. The van der Waals surface area contributed by atoms with Gasteiger partial charge >= 0.3 is 6.18 Å². The summed E-state index contributed by atoms with van der Waals surface area (Å²) in [5.74, 6) is -0.580. The van der Waals surface area contributed by atoms with Crippen LogP contribution in [0.15, 0.2) is 34.9 Å². The smallest absolute Gasteiger partial charge is 0.359 e. The second-order valence-electron chi connectivity index (χ2n) is 4.44. The predicted octanol–water partition coefficient (Wildman–Crippen LogP) is 3.40. The van der Waals surface area contributed by atoms with Crippen molar-refractivity contribution in [3.05, 3.63) is 47.6 Å². The van der Waals surface area contributed by atoms with Crippen LogP contribution in [0.1, 0.15) is 17.3 Å². The van der Waals surface area contributed by atoms with Gasteiger partial charge in [0, 0.05) is 6.07 Å². The number of rotatable bonds is 2. The lowest BCUT2D eigenvalue weighted by Gasteiger charge is -2.09. The number of hydrogen-bond donors (Lipinski definition) is 0. The molecule has 3 aromatic rings. The third-order valence-corrected chi connectivity index (χ3v) is 2.90. The van der Waals surface area contributed by atoms with Crippen LogP contribution >= 0.6 is 0 Å². The van der Waals surface area contributed by atoms with Crippen molar-refractivity contribution in [1.29, 1.82) is 0 Å². The Morgan fingerprint density at radius 1 is 1.25 bits per heavy atom. The van der Waals surface area contributed by atoms with Crippen LogP contribution in [0.2, 0.25) is 0 Å². The lowest BCUT2D eigenvalue weighted by Crippen LogP contribution is -2.15. The molecule has 0 N–H and O–H groups in total. The molecule has 0 unspecified atom stereocenters. The molecule has 3 rings (SSSR count). The minimum Gasteiger partial charge on any atom is -0.359 e. The van der Waals surface area contributed by atoms with E-state index >= 15 is 0 Å². The largest absolute Gasteiger partial charge is 0.449 e. The van der Waals surface area contributed by atoms with Crippen molar-refractivity contribution in [3.8, 4) is 0 Å². The van der Waals surface area contributed by atoms with Crippen molar-refractivity contribution < 1.29 is 17.7 Å². The zero-order valence-corrected chi connectivity index (χ0v) is 10.5. The van der Waals surface area contributed by atoms with Gasteiger partial charge in [0.1, 0.15) is 0 Å². The van der Waals surface area contributed by atoms with E-state index in [1.807, 2.05) is 0 Å². The first-order chi connectivity index (χ1) is 9.45. The lowest BCUT2D eigenvalue weighted by molar-refractivity contribution is -0.146. The van der Waals surface area contributed by atoms with E-state index in [-0.39, 0.29) is 6.54 Å². The highest BCUT2D eigenvalue weighted by atomic mass is 19.4. The minimum absolute atomic E-state index is 0.0593. The van der Waals surface area contributed by atoms with E-state index in [2.05, 4.69) is 10.1 Å². The van der Waals surface area contributed by atoms with Crippen molar-refractivity contribution in [1.82, 2.24) is 14.7 Å². The van der Waals surface area contributed by atoms with Gasteiger partial charge in [-0.3, -0.25) is 0 Å². The van der Waals surface area contributed by atoms with Crippen LogP contribution in [-0.2, 0) is 12.7 Å². The van der Waals surface area contributed by atoms with Crippen molar-refractivity contribution >= 4 is 11.0 Å². The molecule has 0 aliphatic heterocycles. The number of imidazole rings is 1. The first kappa shape index (κ1) is 12.7. The standard InChI is InChI=1S/C13H10F3N3O/c1-8-6-9(20-18-8)7-19-11-5-3-2-4-10(11)17-12(19)13(14,15)16/h2-6H,7H2,1H3. The molecular formula is C13H10F3N3O. The van der Waals surface area contributed by atoms with Crippen molar-refractivity contribution in [3.63, 3.8) is 0 Å². The van der Waals surface area contributed by atoms with Gasteiger partial charge < -0.3 is 9.09 Å². The summed E-state index contributed by atoms with van der Waals surface area (Å²) in [5, 5.41) is 3.68. The molecule has 2 aromatic heterocycles. The third-order valence-electron chi connectivity index (χ3n) is 2.90. The Hall–Kier alpha value is -2.31. The van der Waals surface area contributed by atoms with Crippen LogP contribution in [-0.4, -0.2) is 14.7 Å². The lowest BCUT2D eigenvalue weighted by atomic mass is 10.3. The highest BCUT2D eigenvalue weighted by molar-refractivity contribution is 5.76. The number of hydrogen-bond acceptors (Lipinski definition) is 3. The monoisotopic (exact) mass is 281 g/mol. The summed E-state index contributed by atoms with van der Waals surface area (Å²) in [6.45, 7) is 1.65. The molecule has 4 nitrogen and oxygen atoms in total. The SMILES string of the molecule is Cc1cc(Cn2c(C(F)(F)F)nc3ccccc32)on1. The zero-order valence-electron chi connectivity index (χ0n) is 10.5. The van der Waals surface area contributed by atoms with Gasteiger partial charge in [-0.25, -0.2) is 4.98 Å². The molecule has 0 atom stereocenters. The molecule has 1 aromatic carbocycles. The summed E-state index contributed by atoms with van der Waals surface area (Å²) in [5.41, 5.74) is 1.34. The fourth-order valence-corrected chi connectivity index (χ4v) is 2.10. The van der Waals surface area contributed by atoms with Crippen molar-refractivity contribution in [2.24, 2.45) is 0 Å². The van der Waals surface area contributed by atoms with E-state index in [1.54, 1.807) is 37.3 Å². The molecule has 0 amide bonds. The Balaban J connectivity index is 2.16. The van der Waals surface area contributed by atoms with Crippen molar-refractivity contribution in [2.75, 3.05) is 0 Å². The number of para-hydroxylation sites is 2. The summed E-state index contributed by atoms with van der Waals surface area (Å²) in [7, 11) is 0. The average molecular weight is 281 g/mol. The van der Waals surface area contributed by atoms with Crippen LogP contribution < -0.4 is 0 Å². The molecule has 0 aliphatic rings. The van der Waals surface area contributed by atoms with E-state index in [0.29, 0.717) is 22.5 Å². The fourth-order valence-electron chi connectivity index (χ4n) is 2.10. The second-order valence-corrected chi connectivity index (χ2v) is 4.44. The van der Waals surface area contributed by atoms with Gasteiger partial charge in [-0.05, 0) is 19.1 Å². The molecule has 0 aliphatic carbocycles. The third kappa shape index (κ3) is 2.15. The molecule has 0 radical (unpaired) electrons. The number of nitrogens with zero attached hydrogens (tertiary/aromatic N) is 3. The number of benzene rings is 1. The van der Waals surface area contributed by atoms with Gasteiger partial charge in [-0.1, -0.05) is 17.3 Å². The van der Waals surface area contributed by atoms with Gasteiger partial charge in [-0.15, -0.1) is 0 Å². The summed E-state index contributed by atoms with van der Waals surface area (Å²) >= 11 is 0. The van der Waals surface area contributed by atoms with Crippen LogP contribution in [0.4, 0.5) is 13.2 Å². The number of fused-ring (bicyclic) bond motifs is 1. The molecule has 0 spiro atoms. The van der Waals surface area contributed by atoms with E-state index < -0.39 is 12.0 Å². The average Bonchev–Trinajstić information content (AvgIpc) is 2.94. The number of aryl methyl sites for hydroxylation is 1. The molecule has 2 heterocycles. The molecule has 0 saturated carbocycles. The molecule has 0 fully saturated rings. The van der Waals surface area contributed by atoms with E-state index in [1.165, 1.54) is 0 Å². The van der Waals surface area contributed by atoms with Gasteiger partial charge in [0.15, 0.2) is 5.76 Å². The van der Waals surface area contributed by atoms with Gasteiger partial charge in [0.25, 0.3) is 0 Å². The molecular weight excluding hydrogens is 271 g/mol. The topological polar surface area (TPSA) is 43.9 Å². The fraction of sp³-hybridized carbons (Fsp3) is 0.231. The number of aromatic nitrogens is 3. The van der Waals surface area contributed by atoms with Gasteiger partial charge in [-0.2, -0.15) is 13.2 Å². The molecule has 0 saturated heterocycles. The Labute approximate surface area is 111 Å². The Morgan fingerprint density at radius 3 is 2.65 bits per heavy atom. The summed E-state index contributed by atoms with van der Waals surface area (Å²) in [6.07, 6.45) is -4.52. The molecule has 20 heavy (non-hydrogen) atoms. The van der Waals surface area contributed by atoms with Crippen LogP contribution in [0.5, 0.6) is 0 Å². The van der Waals surface area contributed by atoms with E-state index in [9.17, 15) is 13.2 Å². The Morgan fingerprint density at radius 2 is 2.00 bits per heavy atom. The van der Waals surface area contributed by atoms with Crippen molar-refractivity contribution in [2.45, 2.75) is 19.6 Å². The van der Waals surface area contributed by atoms with Crippen LogP contribution in [0, 0.1) is 6.92 Å². The first-order valence-corrected chi connectivity index (χ1v) is 5.90.